The number of benzene rings is 1. The van der Waals surface area contributed by atoms with E-state index >= 15 is 0 Å². The number of halogens is 1. The third-order valence-electron chi connectivity index (χ3n) is 3.51. The molecular weight excluding hydrogens is 287 g/mol. The summed E-state index contributed by atoms with van der Waals surface area (Å²) >= 11 is 0. The molecular formula is C16H23FN2O3. The van der Waals surface area contributed by atoms with Gasteiger partial charge in [0.05, 0.1) is 11.4 Å². The fraction of sp³-hybridized carbons (Fsp3) is 0.562. The van der Waals surface area contributed by atoms with Crippen molar-refractivity contribution in [2.24, 2.45) is 0 Å². The summed E-state index contributed by atoms with van der Waals surface area (Å²) in [7, 11) is 0. The van der Waals surface area contributed by atoms with Gasteiger partial charge in [0.25, 0.3) is 0 Å². The van der Waals surface area contributed by atoms with Gasteiger partial charge in [0.2, 0.25) is 0 Å². The van der Waals surface area contributed by atoms with Gasteiger partial charge in [0.1, 0.15) is 5.60 Å². The molecule has 2 rings (SSSR count). The van der Waals surface area contributed by atoms with Crippen LogP contribution in [0.1, 0.15) is 45.1 Å². The van der Waals surface area contributed by atoms with Crippen molar-refractivity contribution in [3.63, 3.8) is 0 Å². The molecule has 0 aliphatic carbocycles. The molecule has 6 heteroatoms. The van der Waals surface area contributed by atoms with Crippen LogP contribution in [0.15, 0.2) is 12.1 Å². The van der Waals surface area contributed by atoms with E-state index in [0.717, 1.165) is 12.8 Å². The summed E-state index contributed by atoms with van der Waals surface area (Å²) in [6.45, 7) is 6.52. The third-order valence-corrected chi connectivity index (χ3v) is 3.51. The van der Waals surface area contributed by atoms with Gasteiger partial charge in [-0.2, -0.15) is 0 Å². The van der Waals surface area contributed by atoms with Gasteiger partial charge < -0.3 is 15.2 Å². The average Bonchev–Trinajstić information content (AvgIpc) is 2.43. The van der Waals surface area contributed by atoms with Crippen molar-refractivity contribution in [2.75, 3.05) is 24.3 Å². The summed E-state index contributed by atoms with van der Waals surface area (Å²) < 4.78 is 24.9. The Balaban J connectivity index is 2.14. The maximum absolute atomic E-state index is 14.5. The monoisotopic (exact) mass is 310 g/mol. The van der Waals surface area contributed by atoms with E-state index in [1.807, 2.05) is 0 Å². The standard InChI is InChI=1S/C16H23FN2O3/c1-16(2,3)22-15(20)19-12-5-4-11(13(17)14(12)18)10-6-8-21-9-7-10/h4-5,10H,6-9,18H2,1-3H3,(H,19,20). The van der Waals surface area contributed by atoms with Gasteiger partial charge in [0, 0.05) is 13.2 Å². The van der Waals surface area contributed by atoms with E-state index in [1.54, 1.807) is 32.9 Å². The Morgan fingerprint density at radius 1 is 1.36 bits per heavy atom. The molecule has 1 amide bonds. The molecule has 1 fully saturated rings. The maximum Gasteiger partial charge on any atom is 0.412 e. The number of hydrogen-bond donors (Lipinski definition) is 2. The van der Waals surface area contributed by atoms with E-state index < -0.39 is 17.5 Å². The lowest BCUT2D eigenvalue weighted by atomic mass is 9.90. The van der Waals surface area contributed by atoms with Crippen molar-refractivity contribution in [2.45, 2.75) is 45.1 Å². The van der Waals surface area contributed by atoms with E-state index in [1.165, 1.54) is 0 Å². The van der Waals surface area contributed by atoms with Crippen LogP contribution in [-0.2, 0) is 9.47 Å². The number of ether oxygens (including phenoxy) is 2. The summed E-state index contributed by atoms with van der Waals surface area (Å²) in [5, 5.41) is 2.49. The summed E-state index contributed by atoms with van der Waals surface area (Å²) in [6, 6.07) is 3.29. The molecule has 1 saturated heterocycles. The Hall–Kier alpha value is -1.82. The number of hydrogen-bond acceptors (Lipinski definition) is 4. The molecule has 1 aromatic rings. The minimum Gasteiger partial charge on any atom is -0.444 e. The second-order valence-electron chi connectivity index (χ2n) is 6.44. The van der Waals surface area contributed by atoms with Crippen molar-refractivity contribution < 1.29 is 18.7 Å². The predicted molar refractivity (Wildman–Crippen MR) is 83.5 cm³/mol. The minimum atomic E-state index is -0.655. The van der Waals surface area contributed by atoms with Crippen LogP contribution < -0.4 is 11.1 Å². The zero-order chi connectivity index (χ0) is 16.3. The van der Waals surface area contributed by atoms with Crippen molar-refractivity contribution in [3.8, 4) is 0 Å². The summed E-state index contributed by atoms with van der Waals surface area (Å²) in [5.41, 5.74) is 5.94. The van der Waals surface area contributed by atoms with E-state index in [4.69, 9.17) is 15.2 Å². The maximum atomic E-state index is 14.5. The van der Waals surface area contributed by atoms with Crippen LogP contribution in [0, 0.1) is 5.82 Å². The van der Waals surface area contributed by atoms with Crippen LogP contribution in [-0.4, -0.2) is 24.9 Å². The van der Waals surface area contributed by atoms with Gasteiger partial charge in [-0.3, -0.25) is 5.32 Å². The van der Waals surface area contributed by atoms with Gasteiger partial charge >= 0.3 is 6.09 Å². The molecule has 22 heavy (non-hydrogen) atoms. The van der Waals surface area contributed by atoms with Gasteiger partial charge in [0.15, 0.2) is 5.82 Å². The van der Waals surface area contributed by atoms with Gasteiger partial charge in [-0.1, -0.05) is 6.07 Å². The minimum absolute atomic E-state index is 0.0603. The van der Waals surface area contributed by atoms with Crippen LogP contribution in [0.25, 0.3) is 0 Å². The Labute approximate surface area is 130 Å². The van der Waals surface area contributed by atoms with Gasteiger partial charge in [-0.05, 0) is 51.2 Å². The number of nitrogens with two attached hydrogens (primary N) is 1. The zero-order valence-corrected chi connectivity index (χ0v) is 13.2. The zero-order valence-electron chi connectivity index (χ0n) is 13.2. The largest absolute Gasteiger partial charge is 0.444 e. The van der Waals surface area contributed by atoms with E-state index in [-0.39, 0.29) is 17.3 Å². The molecule has 1 aliphatic heterocycles. The molecule has 3 N–H and O–H groups in total. The summed E-state index contributed by atoms with van der Waals surface area (Å²) in [4.78, 5) is 11.8. The molecule has 5 nitrogen and oxygen atoms in total. The molecule has 1 aromatic carbocycles. The fourth-order valence-corrected chi connectivity index (χ4v) is 2.46. The van der Waals surface area contributed by atoms with Crippen LogP contribution in [0.2, 0.25) is 0 Å². The van der Waals surface area contributed by atoms with E-state index in [0.29, 0.717) is 18.8 Å². The van der Waals surface area contributed by atoms with Crippen molar-refractivity contribution in [1.82, 2.24) is 0 Å². The number of anilines is 2. The molecule has 0 radical (unpaired) electrons. The van der Waals surface area contributed by atoms with E-state index in [9.17, 15) is 9.18 Å². The molecule has 1 heterocycles. The molecule has 1 aliphatic rings. The lowest BCUT2D eigenvalue weighted by Crippen LogP contribution is -2.27. The number of rotatable bonds is 2. The first-order chi connectivity index (χ1) is 10.3. The van der Waals surface area contributed by atoms with Gasteiger partial charge in [-0.25, -0.2) is 9.18 Å². The van der Waals surface area contributed by atoms with Gasteiger partial charge in [-0.15, -0.1) is 0 Å². The van der Waals surface area contributed by atoms with Crippen molar-refractivity contribution >= 4 is 17.5 Å². The lowest BCUT2D eigenvalue weighted by Gasteiger charge is -2.24. The van der Waals surface area contributed by atoms with Crippen molar-refractivity contribution in [3.05, 3.63) is 23.5 Å². The van der Waals surface area contributed by atoms with Crippen LogP contribution in [0.5, 0.6) is 0 Å². The highest BCUT2D eigenvalue weighted by atomic mass is 19.1. The highest BCUT2D eigenvalue weighted by molar-refractivity contribution is 5.89. The number of carbonyl (C=O) groups excluding carboxylic acids is 1. The molecule has 0 atom stereocenters. The SMILES string of the molecule is CC(C)(C)OC(=O)Nc1ccc(C2CCOCC2)c(F)c1N. The van der Waals surface area contributed by atoms with Crippen LogP contribution >= 0.6 is 0 Å². The second kappa shape index (κ2) is 6.52. The molecule has 0 aromatic heterocycles. The highest BCUT2D eigenvalue weighted by Gasteiger charge is 2.23. The third kappa shape index (κ3) is 4.10. The lowest BCUT2D eigenvalue weighted by molar-refractivity contribution is 0.0636. The quantitative estimate of drug-likeness (QED) is 0.818. The summed E-state index contributed by atoms with van der Waals surface area (Å²) in [6.07, 6.45) is 0.891. The molecule has 0 unspecified atom stereocenters. The Bertz CT molecular complexity index is 549. The average molecular weight is 310 g/mol. The summed E-state index contributed by atoms with van der Waals surface area (Å²) in [5.74, 6) is -0.368. The number of nitrogen functional groups attached to an aromatic ring is 1. The smallest absolute Gasteiger partial charge is 0.412 e. The Morgan fingerprint density at radius 2 is 2.00 bits per heavy atom. The number of nitrogens with one attached hydrogen (secondary N) is 1. The number of amides is 1. The van der Waals surface area contributed by atoms with Crippen molar-refractivity contribution in [1.29, 1.82) is 0 Å². The first kappa shape index (κ1) is 16.5. The fourth-order valence-electron chi connectivity index (χ4n) is 2.46. The second-order valence-corrected chi connectivity index (χ2v) is 6.44. The molecule has 0 spiro atoms. The predicted octanol–water partition coefficient (Wildman–Crippen LogP) is 3.65. The van der Waals surface area contributed by atoms with Crippen LogP contribution in [0.3, 0.4) is 0 Å². The first-order valence-corrected chi connectivity index (χ1v) is 7.43. The Kier molecular flexibility index (Phi) is 4.90. The first-order valence-electron chi connectivity index (χ1n) is 7.43. The molecule has 0 saturated carbocycles. The topological polar surface area (TPSA) is 73.6 Å². The highest BCUT2D eigenvalue weighted by Crippen LogP contribution is 2.34. The van der Waals surface area contributed by atoms with Crippen LogP contribution in [0.4, 0.5) is 20.6 Å². The molecule has 0 bridgehead atoms. The number of carbonyl (C=O) groups is 1. The molecule has 122 valence electrons. The van der Waals surface area contributed by atoms with E-state index in [2.05, 4.69) is 5.32 Å². The normalized spacial score (nSPS) is 16.4. The Morgan fingerprint density at radius 3 is 2.59 bits per heavy atom.